The van der Waals surface area contributed by atoms with Crippen molar-refractivity contribution in [2.75, 3.05) is 23.3 Å². The summed E-state index contributed by atoms with van der Waals surface area (Å²) in [6.45, 7) is 3.11. The fraction of sp³-hybridized carbons (Fsp3) is 0.344. The first kappa shape index (κ1) is 28.4. The van der Waals surface area contributed by atoms with Gasteiger partial charge in [-0.1, -0.05) is 36.2 Å². The Bertz CT molecular complexity index is 1440. The second kappa shape index (κ2) is 12.2. The Morgan fingerprint density at radius 2 is 1.68 bits per heavy atom. The maximum atomic E-state index is 14.1. The van der Waals surface area contributed by atoms with Crippen molar-refractivity contribution in [3.63, 3.8) is 0 Å². The molecule has 0 radical (unpaired) electrons. The second-order valence-electron chi connectivity index (χ2n) is 11.1. The van der Waals surface area contributed by atoms with Crippen LogP contribution in [0.1, 0.15) is 70.0 Å². The molecule has 3 aromatic rings. The molecule has 1 fully saturated rings. The lowest BCUT2D eigenvalue weighted by molar-refractivity contribution is -0.116. The van der Waals surface area contributed by atoms with Crippen molar-refractivity contribution in [1.29, 1.82) is 0 Å². The molecule has 3 atom stereocenters. The lowest BCUT2D eigenvalue weighted by atomic mass is 9.81. The van der Waals surface area contributed by atoms with Crippen LogP contribution in [0.4, 0.5) is 20.2 Å². The van der Waals surface area contributed by atoms with Gasteiger partial charge in [0.2, 0.25) is 5.91 Å². The minimum Gasteiger partial charge on any atom is -0.352 e. The van der Waals surface area contributed by atoms with E-state index in [0.717, 1.165) is 43.4 Å². The van der Waals surface area contributed by atoms with Crippen molar-refractivity contribution in [2.45, 2.75) is 45.1 Å². The molecule has 1 heterocycles. The number of fused-ring (bicyclic) bond motifs is 1. The maximum Gasteiger partial charge on any atom is 0.259 e. The number of hydrogen-bond acceptors (Lipinski definition) is 4. The quantitative estimate of drug-likeness (QED) is 0.370. The molecule has 3 amide bonds. The van der Waals surface area contributed by atoms with Gasteiger partial charge < -0.3 is 16.4 Å². The zero-order chi connectivity index (χ0) is 29.1. The first-order valence-corrected chi connectivity index (χ1v) is 14.0. The van der Waals surface area contributed by atoms with E-state index in [0.29, 0.717) is 47.8 Å². The summed E-state index contributed by atoms with van der Waals surface area (Å²) in [6, 6.07) is 14.0. The van der Waals surface area contributed by atoms with Gasteiger partial charge in [0.05, 0.1) is 23.8 Å². The molecule has 1 aliphatic carbocycles. The molecule has 214 valence electrons. The molecular weight excluding hydrogens is 526 g/mol. The number of carbonyl (C=O) groups is 3. The van der Waals surface area contributed by atoms with Crippen molar-refractivity contribution >= 4 is 29.1 Å². The van der Waals surface area contributed by atoms with Crippen LogP contribution in [0, 0.1) is 30.4 Å². The molecule has 7 nitrogen and oxygen atoms in total. The molecule has 1 aliphatic heterocycles. The summed E-state index contributed by atoms with van der Waals surface area (Å²) in [4.78, 5) is 41.5. The third-order valence-electron chi connectivity index (χ3n) is 8.05. The van der Waals surface area contributed by atoms with E-state index in [9.17, 15) is 23.2 Å². The van der Waals surface area contributed by atoms with Crippen LogP contribution in [0.3, 0.4) is 0 Å². The minimum atomic E-state index is -0.882. The van der Waals surface area contributed by atoms with E-state index in [1.54, 1.807) is 12.1 Å². The van der Waals surface area contributed by atoms with Gasteiger partial charge in [-0.05, 0) is 80.5 Å². The van der Waals surface area contributed by atoms with E-state index in [1.165, 1.54) is 11.0 Å². The topological polar surface area (TPSA) is 105 Å². The van der Waals surface area contributed by atoms with Crippen molar-refractivity contribution in [3.05, 3.63) is 94.6 Å². The van der Waals surface area contributed by atoms with Crippen LogP contribution < -0.4 is 21.3 Å². The zero-order valence-corrected chi connectivity index (χ0v) is 23.0. The highest BCUT2D eigenvalue weighted by molar-refractivity contribution is 6.12. The molecule has 3 unspecified atom stereocenters. The van der Waals surface area contributed by atoms with Crippen molar-refractivity contribution in [3.8, 4) is 0 Å². The summed E-state index contributed by atoms with van der Waals surface area (Å²) in [5.41, 5.74) is 8.27. The highest BCUT2D eigenvalue weighted by Crippen LogP contribution is 2.40. The fourth-order valence-corrected chi connectivity index (χ4v) is 5.89. The summed E-state index contributed by atoms with van der Waals surface area (Å²) < 4.78 is 28.2. The highest BCUT2D eigenvalue weighted by Gasteiger charge is 2.35. The largest absolute Gasteiger partial charge is 0.352 e. The van der Waals surface area contributed by atoms with Gasteiger partial charge in [0.25, 0.3) is 11.8 Å². The van der Waals surface area contributed by atoms with Gasteiger partial charge in [0.1, 0.15) is 11.6 Å². The zero-order valence-electron chi connectivity index (χ0n) is 23.0. The number of rotatable bonds is 6. The van der Waals surface area contributed by atoms with Crippen LogP contribution in [0.25, 0.3) is 0 Å². The third kappa shape index (κ3) is 6.46. The van der Waals surface area contributed by atoms with Gasteiger partial charge in [-0.3, -0.25) is 19.3 Å². The predicted octanol–water partition coefficient (Wildman–Crippen LogP) is 5.50. The average Bonchev–Trinajstić information content (AvgIpc) is 3.10. The van der Waals surface area contributed by atoms with Crippen LogP contribution in [0.15, 0.2) is 60.7 Å². The van der Waals surface area contributed by atoms with Crippen LogP contribution in [-0.2, 0) is 4.79 Å². The highest BCUT2D eigenvalue weighted by atomic mass is 19.1. The molecular formula is C32H34F2N4O3. The van der Waals surface area contributed by atoms with Gasteiger partial charge in [0, 0.05) is 23.7 Å². The summed E-state index contributed by atoms with van der Waals surface area (Å²) >= 11 is 0. The Kier molecular flexibility index (Phi) is 8.44. The summed E-state index contributed by atoms with van der Waals surface area (Å²) in [5, 5.41) is 5.83. The van der Waals surface area contributed by atoms with E-state index >= 15 is 0 Å². The van der Waals surface area contributed by atoms with Crippen molar-refractivity contribution < 1.29 is 23.2 Å². The average molecular weight is 561 g/mol. The lowest BCUT2D eigenvalue weighted by Gasteiger charge is -2.31. The normalized spacial score (nSPS) is 20.5. The molecule has 0 spiro atoms. The first-order chi connectivity index (χ1) is 19.7. The van der Waals surface area contributed by atoms with Crippen LogP contribution in [0.5, 0.6) is 0 Å². The van der Waals surface area contributed by atoms with E-state index in [-0.39, 0.29) is 29.5 Å². The molecule has 41 heavy (non-hydrogen) atoms. The molecule has 5 rings (SSSR count). The summed E-state index contributed by atoms with van der Waals surface area (Å²) in [6.07, 6.45) is 4.14. The minimum absolute atomic E-state index is 0.0905. The molecule has 3 aromatic carbocycles. The molecule has 0 aromatic heterocycles. The van der Waals surface area contributed by atoms with Gasteiger partial charge >= 0.3 is 0 Å². The Labute approximate surface area is 238 Å². The first-order valence-electron chi connectivity index (χ1n) is 14.0. The van der Waals surface area contributed by atoms with Gasteiger partial charge in [-0.15, -0.1) is 0 Å². The van der Waals surface area contributed by atoms with E-state index < -0.39 is 23.6 Å². The molecule has 0 bridgehead atoms. The van der Waals surface area contributed by atoms with Gasteiger partial charge in [-0.25, -0.2) is 8.78 Å². The lowest BCUT2D eigenvalue weighted by Crippen LogP contribution is -2.35. The number of nitrogens with two attached hydrogens (primary N) is 1. The summed E-state index contributed by atoms with van der Waals surface area (Å²) in [7, 11) is 0. The smallest absolute Gasteiger partial charge is 0.259 e. The van der Waals surface area contributed by atoms with Crippen LogP contribution in [-0.4, -0.2) is 30.8 Å². The Hall–Kier alpha value is -4.11. The van der Waals surface area contributed by atoms with Crippen LogP contribution >= 0.6 is 0 Å². The number of amides is 3. The monoisotopic (exact) mass is 560 g/mol. The third-order valence-corrected chi connectivity index (χ3v) is 8.05. The van der Waals surface area contributed by atoms with Crippen molar-refractivity contribution in [1.82, 2.24) is 5.32 Å². The molecule has 1 saturated carbocycles. The number of benzene rings is 3. The molecule has 4 N–H and O–H groups in total. The molecule has 9 heteroatoms. The second-order valence-corrected chi connectivity index (χ2v) is 11.1. The number of carbonyl (C=O) groups excluding carboxylic acids is 3. The Morgan fingerprint density at radius 1 is 0.976 bits per heavy atom. The van der Waals surface area contributed by atoms with Gasteiger partial charge in [0.15, 0.2) is 0 Å². The Balaban J connectivity index is 1.48. The van der Waals surface area contributed by atoms with Crippen LogP contribution in [0.2, 0.25) is 0 Å². The van der Waals surface area contributed by atoms with E-state index in [2.05, 4.69) is 10.6 Å². The predicted molar refractivity (Wildman–Crippen MR) is 154 cm³/mol. The Morgan fingerprint density at radius 3 is 2.39 bits per heavy atom. The SMILES string of the molecule is Cc1ccc(C2CC(=O)Nc3cc(C(=O)NCC4CCCC(CN)C4)ccc3N2C(=O)c2cc(F)cc(F)c2)cc1. The standard InChI is InChI=1S/C32H34F2N4O3/c1-19-5-7-22(8-6-19)29-16-30(39)37-27-14-23(31(40)36-18-21-4-2-3-20(11-21)17-35)9-10-28(27)38(29)32(41)24-12-25(33)15-26(34)13-24/h5-10,12-15,20-21,29H,2-4,11,16-18,35H2,1H3,(H,36,40)(H,37,39). The number of nitrogens with zero attached hydrogens (tertiary/aromatic N) is 1. The molecule has 0 saturated heterocycles. The number of hydrogen-bond donors (Lipinski definition) is 3. The van der Waals surface area contributed by atoms with Crippen molar-refractivity contribution in [2.24, 2.45) is 17.6 Å². The van der Waals surface area contributed by atoms with Gasteiger partial charge in [-0.2, -0.15) is 0 Å². The number of nitrogens with one attached hydrogen (secondary N) is 2. The number of anilines is 2. The maximum absolute atomic E-state index is 14.1. The van der Waals surface area contributed by atoms with E-state index in [1.807, 2.05) is 31.2 Å². The number of halogens is 2. The fourth-order valence-electron chi connectivity index (χ4n) is 5.89. The summed E-state index contributed by atoms with van der Waals surface area (Å²) in [5.74, 6) is -2.25. The van der Waals surface area contributed by atoms with E-state index in [4.69, 9.17) is 5.73 Å². The molecule has 2 aliphatic rings. The number of aryl methyl sites for hydroxylation is 1.